The number of benzene rings is 1. The zero-order valence-electron chi connectivity index (χ0n) is 9.70. The van der Waals surface area contributed by atoms with E-state index in [0.29, 0.717) is 24.9 Å². The number of ether oxygens (including phenoxy) is 1. The molecule has 0 saturated carbocycles. The van der Waals surface area contributed by atoms with Gasteiger partial charge >= 0.3 is 0 Å². The summed E-state index contributed by atoms with van der Waals surface area (Å²) in [5.74, 6) is -0.801. The number of carbonyl (C=O) groups excluding carboxylic acids is 2. The number of halogens is 1. The minimum atomic E-state index is -0.801. The molecule has 0 bridgehead atoms. The molecule has 0 heterocycles. The Hall–Kier alpha value is -1.75. The molecule has 4 nitrogen and oxygen atoms in total. The first-order chi connectivity index (χ1) is 8.13. The summed E-state index contributed by atoms with van der Waals surface area (Å²) in [6.45, 7) is 2.26. The molecule has 0 aromatic heterocycles. The summed E-state index contributed by atoms with van der Waals surface area (Å²) in [6, 6.07) is 2.76. The van der Waals surface area contributed by atoms with Crippen molar-refractivity contribution in [2.24, 2.45) is 0 Å². The van der Waals surface area contributed by atoms with E-state index in [9.17, 15) is 14.0 Å². The summed E-state index contributed by atoms with van der Waals surface area (Å²) < 4.78 is 18.6. The molecule has 0 fully saturated rings. The van der Waals surface area contributed by atoms with Crippen molar-refractivity contribution in [1.82, 2.24) is 0 Å². The quantitative estimate of drug-likeness (QED) is 0.770. The summed E-state index contributed by atoms with van der Waals surface area (Å²) >= 11 is 0. The molecule has 1 aromatic rings. The number of methoxy groups -OCH3 is 1. The highest BCUT2D eigenvalue weighted by atomic mass is 19.1. The van der Waals surface area contributed by atoms with Gasteiger partial charge in [-0.15, -0.1) is 0 Å². The summed E-state index contributed by atoms with van der Waals surface area (Å²) in [6.07, 6.45) is 0.773. The van der Waals surface area contributed by atoms with E-state index in [1.54, 1.807) is 7.11 Å². The zero-order valence-corrected chi connectivity index (χ0v) is 9.70. The van der Waals surface area contributed by atoms with E-state index < -0.39 is 5.82 Å². The Bertz CT molecular complexity index is 420. The number of nitrogens with one attached hydrogen (secondary N) is 1. The highest BCUT2D eigenvalue weighted by molar-refractivity contribution is 5.89. The average Bonchev–Trinajstić information content (AvgIpc) is 2.30. The Labute approximate surface area is 98.8 Å². The fourth-order valence-electron chi connectivity index (χ4n) is 1.50. The van der Waals surface area contributed by atoms with Crippen molar-refractivity contribution in [2.45, 2.75) is 13.0 Å². The number of carbonyl (C=O) groups is 2. The lowest BCUT2D eigenvalue weighted by atomic mass is 10.1. The average molecular weight is 239 g/mol. The fourth-order valence-corrected chi connectivity index (χ4v) is 1.50. The monoisotopic (exact) mass is 239 g/mol. The first-order valence-electron chi connectivity index (χ1n) is 5.12. The zero-order chi connectivity index (χ0) is 12.8. The maximum absolute atomic E-state index is 13.6. The van der Waals surface area contributed by atoms with Crippen LogP contribution in [0.15, 0.2) is 12.1 Å². The number of aldehydes is 2. The van der Waals surface area contributed by atoms with Crippen LogP contribution >= 0.6 is 0 Å². The van der Waals surface area contributed by atoms with Gasteiger partial charge in [0.1, 0.15) is 5.82 Å². The molecule has 0 radical (unpaired) electrons. The van der Waals surface area contributed by atoms with Gasteiger partial charge in [-0.05, 0) is 19.1 Å². The van der Waals surface area contributed by atoms with Gasteiger partial charge in [-0.25, -0.2) is 4.39 Å². The SMILES string of the molecule is COC[C@H](C)Nc1ccc(C=O)c(F)c1C=O. The van der Waals surface area contributed by atoms with Crippen LogP contribution in [-0.4, -0.2) is 32.3 Å². The molecule has 0 spiro atoms. The Balaban J connectivity index is 3.04. The second kappa shape index (κ2) is 6.10. The van der Waals surface area contributed by atoms with Crippen molar-refractivity contribution in [3.8, 4) is 0 Å². The van der Waals surface area contributed by atoms with E-state index in [4.69, 9.17) is 4.74 Å². The van der Waals surface area contributed by atoms with Crippen molar-refractivity contribution in [2.75, 3.05) is 19.0 Å². The summed E-state index contributed by atoms with van der Waals surface area (Å²) in [4.78, 5) is 21.4. The Morgan fingerprint density at radius 3 is 2.65 bits per heavy atom. The van der Waals surface area contributed by atoms with Gasteiger partial charge in [-0.3, -0.25) is 9.59 Å². The maximum atomic E-state index is 13.6. The minimum absolute atomic E-state index is 0.0693. The van der Waals surface area contributed by atoms with Crippen LogP contribution in [0.2, 0.25) is 0 Å². The largest absolute Gasteiger partial charge is 0.383 e. The van der Waals surface area contributed by atoms with E-state index in [1.165, 1.54) is 12.1 Å². The predicted octanol–water partition coefficient (Wildman–Crippen LogP) is 1.90. The van der Waals surface area contributed by atoms with Crippen LogP contribution in [0, 0.1) is 5.82 Å². The third-order valence-corrected chi connectivity index (χ3v) is 2.27. The highest BCUT2D eigenvalue weighted by Gasteiger charge is 2.13. The van der Waals surface area contributed by atoms with E-state index in [0.717, 1.165) is 0 Å². The molecule has 17 heavy (non-hydrogen) atoms. The normalized spacial score (nSPS) is 11.9. The van der Waals surface area contributed by atoms with Crippen molar-refractivity contribution in [3.63, 3.8) is 0 Å². The van der Waals surface area contributed by atoms with E-state index in [-0.39, 0.29) is 17.2 Å². The number of hydrogen-bond donors (Lipinski definition) is 1. The Morgan fingerprint density at radius 1 is 1.41 bits per heavy atom. The Kier molecular flexibility index (Phi) is 4.78. The molecule has 1 N–H and O–H groups in total. The van der Waals surface area contributed by atoms with Crippen LogP contribution < -0.4 is 5.32 Å². The first kappa shape index (κ1) is 13.3. The molecule has 0 amide bonds. The molecule has 0 saturated heterocycles. The first-order valence-corrected chi connectivity index (χ1v) is 5.12. The lowest BCUT2D eigenvalue weighted by molar-refractivity contribution is 0.111. The molecule has 92 valence electrons. The second-order valence-electron chi connectivity index (χ2n) is 3.67. The van der Waals surface area contributed by atoms with Crippen molar-refractivity contribution >= 4 is 18.3 Å². The van der Waals surface area contributed by atoms with Crippen LogP contribution in [0.3, 0.4) is 0 Å². The van der Waals surface area contributed by atoms with Crippen molar-refractivity contribution < 1.29 is 18.7 Å². The third kappa shape index (κ3) is 3.10. The number of anilines is 1. The molecule has 1 aromatic carbocycles. The second-order valence-corrected chi connectivity index (χ2v) is 3.67. The molecule has 0 unspecified atom stereocenters. The predicted molar refractivity (Wildman–Crippen MR) is 62.1 cm³/mol. The van der Waals surface area contributed by atoms with Gasteiger partial charge in [0.15, 0.2) is 12.6 Å². The van der Waals surface area contributed by atoms with Gasteiger partial charge in [0, 0.05) is 18.8 Å². The maximum Gasteiger partial charge on any atom is 0.155 e. The number of hydrogen-bond acceptors (Lipinski definition) is 4. The van der Waals surface area contributed by atoms with Crippen molar-refractivity contribution in [1.29, 1.82) is 0 Å². The van der Waals surface area contributed by atoms with Crippen LogP contribution in [0.1, 0.15) is 27.6 Å². The van der Waals surface area contributed by atoms with E-state index in [2.05, 4.69) is 5.32 Å². The van der Waals surface area contributed by atoms with E-state index in [1.807, 2.05) is 6.92 Å². The fraction of sp³-hybridized carbons (Fsp3) is 0.333. The van der Waals surface area contributed by atoms with Crippen LogP contribution in [0.25, 0.3) is 0 Å². The van der Waals surface area contributed by atoms with Crippen LogP contribution in [-0.2, 0) is 4.74 Å². The van der Waals surface area contributed by atoms with Gasteiger partial charge in [-0.2, -0.15) is 0 Å². The minimum Gasteiger partial charge on any atom is -0.383 e. The van der Waals surface area contributed by atoms with Crippen LogP contribution in [0.5, 0.6) is 0 Å². The van der Waals surface area contributed by atoms with Gasteiger partial charge in [-0.1, -0.05) is 0 Å². The summed E-state index contributed by atoms with van der Waals surface area (Å²) in [7, 11) is 1.55. The van der Waals surface area contributed by atoms with E-state index >= 15 is 0 Å². The van der Waals surface area contributed by atoms with Gasteiger partial charge in [0.05, 0.1) is 17.7 Å². The summed E-state index contributed by atoms with van der Waals surface area (Å²) in [5, 5.41) is 2.94. The molecule has 5 heteroatoms. The molecule has 1 rings (SSSR count). The lowest BCUT2D eigenvalue weighted by Crippen LogP contribution is -2.22. The van der Waals surface area contributed by atoms with Gasteiger partial charge in [0.25, 0.3) is 0 Å². The molecule has 0 aliphatic carbocycles. The highest BCUT2D eigenvalue weighted by Crippen LogP contribution is 2.20. The van der Waals surface area contributed by atoms with Crippen LogP contribution in [0.4, 0.5) is 10.1 Å². The van der Waals surface area contributed by atoms with Crippen molar-refractivity contribution in [3.05, 3.63) is 29.1 Å². The summed E-state index contributed by atoms with van der Waals surface area (Å²) in [5.41, 5.74) is 0.0854. The topological polar surface area (TPSA) is 55.4 Å². The Morgan fingerprint density at radius 2 is 2.12 bits per heavy atom. The third-order valence-electron chi connectivity index (χ3n) is 2.27. The molecular weight excluding hydrogens is 225 g/mol. The smallest absolute Gasteiger partial charge is 0.155 e. The standard InChI is InChI=1S/C12H14FNO3/c1-8(7-17-2)14-11-4-3-9(5-15)12(13)10(11)6-16/h3-6,8,14H,7H2,1-2H3/t8-/m0/s1. The molecule has 0 aliphatic rings. The molecule has 1 atom stereocenters. The van der Waals surface area contributed by atoms with Gasteiger partial charge < -0.3 is 10.1 Å². The molecule has 0 aliphatic heterocycles. The van der Waals surface area contributed by atoms with Gasteiger partial charge in [0.2, 0.25) is 0 Å². The number of rotatable bonds is 6. The lowest BCUT2D eigenvalue weighted by Gasteiger charge is -2.16. The molecular formula is C12H14FNO3.